The van der Waals surface area contributed by atoms with Gasteiger partial charge < -0.3 is 4.74 Å². The zero-order chi connectivity index (χ0) is 29.4. The van der Waals surface area contributed by atoms with Crippen molar-refractivity contribution in [1.29, 1.82) is 0 Å². The van der Waals surface area contributed by atoms with Gasteiger partial charge >= 0.3 is 12.3 Å². The Morgan fingerprint density at radius 2 is 1.35 bits per heavy atom. The van der Waals surface area contributed by atoms with Crippen LogP contribution < -0.4 is 4.74 Å². The molecule has 0 N–H and O–H groups in total. The molecular weight excluding hydrogens is 554 g/mol. The molecule has 4 rings (SSSR count). The van der Waals surface area contributed by atoms with E-state index in [9.17, 15) is 43.9 Å². The van der Waals surface area contributed by atoms with Gasteiger partial charge in [0.05, 0.1) is 0 Å². The summed E-state index contributed by atoms with van der Waals surface area (Å²) in [6.45, 7) is 2.05. The Morgan fingerprint density at radius 1 is 0.750 bits per heavy atom. The maximum Gasteiger partial charge on any atom is 0.432 e. The van der Waals surface area contributed by atoms with Gasteiger partial charge in [0.15, 0.2) is 0 Å². The van der Waals surface area contributed by atoms with Gasteiger partial charge in [-0.05, 0) is 42.2 Å². The third-order valence-corrected chi connectivity index (χ3v) is 6.30. The van der Waals surface area contributed by atoms with Crippen LogP contribution in [0.2, 0.25) is 0 Å². The molecule has 1 aliphatic carbocycles. The second-order valence-corrected chi connectivity index (χ2v) is 9.16. The predicted octanol–water partition coefficient (Wildman–Crippen LogP) is 9.97. The van der Waals surface area contributed by atoms with Crippen molar-refractivity contribution >= 4 is 0 Å². The van der Waals surface area contributed by atoms with Gasteiger partial charge in [-0.25, -0.2) is 22.0 Å². The van der Waals surface area contributed by atoms with Gasteiger partial charge in [-0.3, -0.25) is 0 Å². The maximum absolute atomic E-state index is 15.0. The Balaban J connectivity index is 1.60. The summed E-state index contributed by atoms with van der Waals surface area (Å²) in [7, 11) is 0. The average molecular weight is 574 g/mol. The number of allylic oxidation sites excluding steroid dienone is 4. The van der Waals surface area contributed by atoms with E-state index in [0.717, 1.165) is 24.8 Å². The molecule has 0 radical (unpaired) electrons. The van der Waals surface area contributed by atoms with Crippen molar-refractivity contribution in [2.24, 2.45) is 0 Å². The largest absolute Gasteiger partial charge is 0.432 e. The Kier molecular flexibility index (Phi) is 8.05. The second-order valence-electron chi connectivity index (χ2n) is 9.16. The number of ether oxygens (including phenoxy) is 1. The van der Waals surface area contributed by atoms with Crippen LogP contribution in [0.15, 0.2) is 66.3 Å². The average Bonchev–Trinajstić information content (AvgIpc) is 3.29. The van der Waals surface area contributed by atoms with Crippen molar-refractivity contribution in [3.8, 4) is 16.9 Å². The van der Waals surface area contributed by atoms with Crippen LogP contribution in [0.4, 0.5) is 43.9 Å². The normalized spacial score (nSPS) is 15.5. The SMILES string of the molecule is CCCCC1=CC(c2ccc(-c3cc(F)c(C(F)(F)Oc4cc(F)c(C(F)(F)F)c(F)c4)c(F)c3)c(F)c2)C=C1. The summed E-state index contributed by atoms with van der Waals surface area (Å²) < 4.78 is 143. The number of rotatable bonds is 8. The van der Waals surface area contributed by atoms with Crippen molar-refractivity contribution in [2.45, 2.75) is 44.4 Å². The summed E-state index contributed by atoms with van der Waals surface area (Å²) in [5, 5.41) is 0. The number of alkyl halides is 5. The van der Waals surface area contributed by atoms with E-state index in [-0.39, 0.29) is 23.6 Å². The minimum absolute atomic E-state index is 0.192. The summed E-state index contributed by atoms with van der Waals surface area (Å²) in [5.41, 5.74) is -3.39. The van der Waals surface area contributed by atoms with E-state index < -0.39 is 63.8 Å². The van der Waals surface area contributed by atoms with Crippen LogP contribution in [0.3, 0.4) is 0 Å². The first-order valence-electron chi connectivity index (χ1n) is 12.0. The van der Waals surface area contributed by atoms with E-state index in [1.54, 1.807) is 0 Å². The van der Waals surface area contributed by atoms with E-state index in [0.29, 0.717) is 17.7 Å². The first-order chi connectivity index (χ1) is 18.7. The van der Waals surface area contributed by atoms with Crippen LogP contribution in [0.5, 0.6) is 5.75 Å². The molecule has 11 heteroatoms. The van der Waals surface area contributed by atoms with Gasteiger partial charge in [-0.2, -0.15) is 22.0 Å². The maximum atomic E-state index is 15.0. The molecular formula is C29H20F10O. The monoisotopic (exact) mass is 574 g/mol. The third-order valence-electron chi connectivity index (χ3n) is 6.30. The summed E-state index contributed by atoms with van der Waals surface area (Å²) in [6, 6.07) is 4.39. The zero-order valence-electron chi connectivity index (χ0n) is 20.7. The Labute approximate surface area is 222 Å². The van der Waals surface area contributed by atoms with Crippen molar-refractivity contribution in [1.82, 2.24) is 0 Å². The minimum atomic E-state index is -5.47. The molecule has 1 nitrogen and oxygen atoms in total. The summed E-state index contributed by atoms with van der Waals surface area (Å²) in [5.74, 6) is -10.8. The standard InChI is InChI=1S/C29H20F10O/c1-2-3-4-15-5-6-16(9-15)17-7-8-20(21(30)10-17)18-11-22(31)27(23(32)12-18)29(38,39)40-19-13-24(33)26(25(34)14-19)28(35,36)37/h5-14,16H,2-4H2,1H3. The highest BCUT2D eigenvalue weighted by Crippen LogP contribution is 2.40. The van der Waals surface area contributed by atoms with E-state index in [1.807, 2.05) is 18.2 Å². The molecule has 40 heavy (non-hydrogen) atoms. The van der Waals surface area contributed by atoms with Crippen LogP contribution in [0.1, 0.15) is 48.8 Å². The van der Waals surface area contributed by atoms with Gasteiger partial charge in [0.25, 0.3) is 0 Å². The molecule has 0 aromatic heterocycles. The van der Waals surface area contributed by atoms with Crippen LogP contribution >= 0.6 is 0 Å². The molecule has 0 spiro atoms. The van der Waals surface area contributed by atoms with E-state index in [2.05, 4.69) is 11.7 Å². The zero-order valence-corrected chi connectivity index (χ0v) is 20.7. The Bertz CT molecular complexity index is 1440. The molecule has 0 saturated carbocycles. The Hall–Kier alpha value is -3.76. The Morgan fingerprint density at radius 3 is 1.90 bits per heavy atom. The molecule has 0 saturated heterocycles. The summed E-state index contributed by atoms with van der Waals surface area (Å²) in [4.78, 5) is 0. The first-order valence-corrected chi connectivity index (χ1v) is 12.0. The summed E-state index contributed by atoms with van der Waals surface area (Å²) >= 11 is 0. The molecule has 0 aliphatic heterocycles. The van der Waals surface area contributed by atoms with Crippen molar-refractivity contribution in [3.63, 3.8) is 0 Å². The first kappa shape index (κ1) is 29.2. The van der Waals surface area contributed by atoms with E-state index in [4.69, 9.17) is 0 Å². The number of halogens is 10. The molecule has 1 aliphatic rings. The van der Waals surface area contributed by atoms with Crippen molar-refractivity contribution < 1.29 is 48.6 Å². The van der Waals surface area contributed by atoms with Gasteiger partial charge in [-0.1, -0.05) is 49.3 Å². The van der Waals surface area contributed by atoms with E-state index in [1.165, 1.54) is 18.2 Å². The van der Waals surface area contributed by atoms with Crippen molar-refractivity contribution in [3.05, 3.63) is 112 Å². The topological polar surface area (TPSA) is 9.23 Å². The highest BCUT2D eigenvalue weighted by atomic mass is 19.4. The van der Waals surface area contributed by atoms with Crippen LogP contribution in [-0.4, -0.2) is 0 Å². The highest BCUT2D eigenvalue weighted by molar-refractivity contribution is 5.66. The van der Waals surface area contributed by atoms with Gasteiger partial charge in [0.1, 0.15) is 46.0 Å². The van der Waals surface area contributed by atoms with Crippen LogP contribution in [-0.2, 0) is 12.3 Å². The fourth-order valence-corrected chi connectivity index (χ4v) is 4.38. The fourth-order valence-electron chi connectivity index (χ4n) is 4.38. The molecule has 0 bridgehead atoms. The molecule has 1 unspecified atom stereocenters. The lowest BCUT2D eigenvalue weighted by Gasteiger charge is -2.21. The highest BCUT2D eigenvalue weighted by Gasteiger charge is 2.43. The van der Waals surface area contributed by atoms with Crippen LogP contribution in [0.25, 0.3) is 11.1 Å². The number of hydrogen-bond acceptors (Lipinski definition) is 1. The molecule has 1 atom stereocenters. The van der Waals surface area contributed by atoms with Gasteiger partial charge in [0.2, 0.25) is 0 Å². The molecule has 0 heterocycles. The number of benzene rings is 3. The lowest BCUT2D eigenvalue weighted by molar-refractivity contribution is -0.189. The molecule has 0 fully saturated rings. The number of hydrogen-bond donors (Lipinski definition) is 0. The molecule has 3 aromatic rings. The molecule has 212 valence electrons. The predicted molar refractivity (Wildman–Crippen MR) is 127 cm³/mol. The lowest BCUT2D eigenvalue weighted by atomic mass is 9.95. The van der Waals surface area contributed by atoms with Crippen molar-refractivity contribution in [2.75, 3.05) is 0 Å². The fraction of sp³-hybridized carbons (Fsp3) is 0.241. The number of unbranched alkanes of at least 4 members (excludes halogenated alkanes) is 1. The summed E-state index contributed by atoms with van der Waals surface area (Å²) in [6.07, 6.45) is -1.74. The lowest BCUT2D eigenvalue weighted by Crippen LogP contribution is -2.25. The molecule has 3 aromatic carbocycles. The van der Waals surface area contributed by atoms with Gasteiger partial charge in [-0.15, -0.1) is 0 Å². The minimum Gasteiger partial charge on any atom is -0.429 e. The van der Waals surface area contributed by atoms with Gasteiger partial charge in [0, 0.05) is 23.6 Å². The third kappa shape index (κ3) is 6.03. The van der Waals surface area contributed by atoms with Crippen LogP contribution in [0, 0.1) is 29.1 Å². The quantitative estimate of drug-likeness (QED) is 0.243. The smallest absolute Gasteiger partial charge is 0.429 e. The molecule has 0 amide bonds. The second kappa shape index (κ2) is 11.0. The van der Waals surface area contributed by atoms with E-state index >= 15 is 0 Å².